The molecule has 16 heavy (non-hydrogen) atoms. The molecule has 2 amide bonds. The molecule has 2 heterocycles. The molecule has 0 saturated carbocycles. The molecule has 1 spiro atoms. The van der Waals surface area contributed by atoms with Crippen LogP contribution in [-0.4, -0.2) is 35.8 Å². The molecule has 4 heteroatoms. The Bertz CT molecular complexity index is 308. The minimum Gasteiger partial charge on any atom is -0.317 e. The van der Waals surface area contributed by atoms with Crippen molar-refractivity contribution in [3.05, 3.63) is 0 Å². The van der Waals surface area contributed by atoms with Gasteiger partial charge in [0.15, 0.2) is 0 Å². The molecule has 2 saturated heterocycles. The van der Waals surface area contributed by atoms with Crippen LogP contribution in [0, 0.1) is 5.41 Å². The largest absolute Gasteiger partial charge is 0.317 e. The van der Waals surface area contributed by atoms with Gasteiger partial charge in [-0.3, -0.25) is 14.5 Å². The molecule has 2 aliphatic heterocycles. The lowest BCUT2D eigenvalue weighted by Crippen LogP contribution is -2.45. The number of amides is 2. The zero-order valence-corrected chi connectivity index (χ0v) is 10.1. The van der Waals surface area contributed by atoms with E-state index in [1.54, 1.807) is 0 Å². The molecule has 2 fully saturated rings. The van der Waals surface area contributed by atoms with Crippen molar-refractivity contribution in [2.75, 3.05) is 13.1 Å². The first kappa shape index (κ1) is 11.6. The molecule has 0 unspecified atom stereocenters. The van der Waals surface area contributed by atoms with Gasteiger partial charge in [0.1, 0.15) is 0 Å². The van der Waals surface area contributed by atoms with Gasteiger partial charge in [0.2, 0.25) is 11.8 Å². The second kappa shape index (κ2) is 4.17. The van der Waals surface area contributed by atoms with Crippen LogP contribution in [0.25, 0.3) is 0 Å². The Labute approximate surface area is 96.4 Å². The van der Waals surface area contributed by atoms with E-state index < -0.39 is 0 Å². The van der Waals surface area contributed by atoms with Gasteiger partial charge >= 0.3 is 0 Å². The molecule has 2 rings (SSSR count). The smallest absolute Gasteiger partial charge is 0.236 e. The minimum absolute atomic E-state index is 0.0289. The number of imide groups is 1. The molecule has 4 nitrogen and oxygen atoms in total. The molecule has 0 aromatic rings. The summed E-state index contributed by atoms with van der Waals surface area (Å²) in [5.74, 6) is 0.106. The zero-order chi connectivity index (χ0) is 11.8. The van der Waals surface area contributed by atoms with Crippen molar-refractivity contribution in [2.45, 2.75) is 45.6 Å². The van der Waals surface area contributed by atoms with Gasteiger partial charge in [0.25, 0.3) is 0 Å². The molecule has 0 bridgehead atoms. The van der Waals surface area contributed by atoms with Gasteiger partial charge in [-0.25, -0.2) is 0 Å². The predicted octanol–water partition coefficient (Wildman–Crippen LogP) is 0.914. The van der Waals surface area contributed by atoms with E-state index in [0.717, 1.165) is 32.4 Å². The Morgan fingerprint density at radius 2 is 2.00 bits per heavy atom. The second-order valence-corrected chi connectivity index (χ2v) is 5.03. The normalized spacial score (nSPS) is 26.5. The molecular formula is C12H20N2O2. The van der Waals surface area contributed by atoms with E-state index in [1.165, 1.54) is 4.90 Å². The van der Waals surface area contributed by atoms with E-state index in [2.05, 4.69) is 5.32 Å². The average Bonchev–Trinajstić information content (AvgIpc) is 2.51. The molecule has 2 aliphatic rings. The summed E-state index contributed by atoms with van der Waals surface area (Å²) in [4.78, 5) is 25.8. The zero-order valence-electron chi connectivity index (χ0n) is 10.1. The van der Waals surface area contributed by atoms with Gasteiger partial charge in [-0.1, -0.05) is 6.92 Å². The topological polar surface area (TPSA) is 49.4 Å². The number of hydrogen-bond acceptors (Lipinski definition) is 3. The summed E-state index contributed by atoms with van der Waals surface area (Å²) in [5, 5.41) is 3.25. The lowest BCUT2D eigenvalue weighted by molar-refractivity contribution is -0.144. The highest BCUT2D eigenvalue weighted by atomic mass is 16.2. The van der Waals surface area contributed by atoms with Crippen molar-refractivity contribution in [1.82, 2.24) is 10.2 Å². The van der Waals surface area contributed by atoms with E-state index in [9.17, 15) is 9.59 Å². The van der Waals surface area contributed by atoms with Crippen LogP contribution < -0.4 is 5.32 Å². The minimum atomic E-state index is -0.369. The van der Waals surface area contributed by atoms with Crippen molar-refractivity contribution in [3.8, 4) is 0 Å². The third-order valence-electron chi connectivity index (χ3n) is 4.02. The maximum absolute atomic E-state index is 12.4. The van der Waals surface area contributed by atoms with Gasteiger partial charge in [-0.2, -0.15) is 0 Å². The highest BCUT2D eigenvalue weighted by molar-refractivity contribution is 6.06. The molecule has 0 aromatic carbocycles. The van der Waals surface area contributed by atoms with Crippen LogP contribution >= 0.6 is 0 Å². The van der Waals surface area contributed by atoms with E-state index in [4.69, 9.17) is 0 Å². The summed E-state index contributed by atoms with van der Waals surface area (Å²) in [6.45, 7) is 5.68. The van der Waals surface area contributed by atoms with Crippen LogP contribution in [0.15, 0.2) is 0 Å². The lowest BCUT2D eigenvalue weighted by atomic mass is 9.77. The first-order valence-corrected chi connectivity index (χ1v) is 6.18. The maximum Gasteiger partial charge on any atom is 0.236 e. The second-order valence-electron chi connectivity index (χ2n) is 5.03. The van der Waals surface area contributed by atoms with Crippen molar-refractivity contribution in [3.63, 3.8) is 0 Å². The molecule has 0 aromatic heterocycles. The molecule has 0 radical (unpaired) electrons. The average molecular weight is 224 g/mol. The number of carbonyl (C=O) groups excluding carboxylic acids is 2. The standard InChI is InChI=1S/C12H20N2O2/c1-3-9(2)14-10(15)8-12(11(14)16)4-6-13-7-5-12/h9,13H,3-8H2,1-2H3/t9-/m1/s1. The Morgan fingerprint density at radius 3 is 2.56 bits per heavy atom. The number of nitrogens with zero attached hydrogens (tertiary/aromatic N) is 1. The number of rotatable bonds is 2. The number of nitrogens with one attached hydrogen (secondary N) is 1. The number of likely N-dealkylation sites (tertiary alicyclic amines) is 1. The lowest BCUT2D eigenvalue weighted by Gasteiger charge is -2.32. The van der Waals surface area contributed by atoms with Gasteiger partial charge in [0.05, 0.1) is 5.41 Å². The molecule has 1 atom stereocenters. The first-order chi connectivity index (χ1) is 7.60. The monoisotopic (exact) mass is 224 g/mol. The number of piperidine rings is 1. The highest BCUT2D eigenvalue weighted by Crippen LogP contribution is 2.41. The van der Waals surface area contributed by atoms with Crippen LogP contribution in [0.5, 0.6) is 0 Å². The summed E-state index contributed by atoms with van der Waals surface area (Å²) >= 11 is 0. The quantitative estimate of drug-likeness (QED) is 0.709. The highest BCUT2D eigenvalue weighted by Gasteiger charge is 2.52. The van der Waals surface area contributed by atoms with Crippen molar-refractivity contribution < 1.29 is 9.59 Å². The Kier molecular flexibility index (Phi) is 3.02. The van der Waals surface area contributed by atoms with Crippen molar-refractivity contribution >= 4 is 11.8 Å². The third-order valence-corrected chi connectivity index (χ3v) is 4.02. The fraction of sp³-hybridized carbons (Fsp3) is 0.833. The SMILES string of the molecule is CC[C@@H](C)N1C(=O)CC2(CCNCC2)C1=O. The molecular weight excluding hydrogens is 204 g/mol. The van der Waals surface area contributed by atoms with Gasteiger partial charge in [0, 0.05) is 12.5 Å². The third kappa shape index (κ3) is 1.65. The fourth-order valence-corrected chi connectivity index (χ4v) is 2.74. The molecule has 90 valence electrons. The number of hydrogen-bond donors (Lipinski definition) is 1. The summed E-state index contributed by atoms with van der Waals surface area (Å²) in [6, 6.07) is 0.0502. The molecule has 0 aliphatic carbocycles. The van der Waals surface area contributed by atoms with Crippen LogP contribution in [0.3, 0.4) is 0 Å². The summed E-state index contributed by atoms with van der Waals surface area (Å²) in [7, 11) is 0. The van der Waals surface area contributed by atoms with Crippen LogP contribution in [0.4, 0.5) is 0 Å². The Morgan fingerprint density at radius 1 is 1.38 bits per heavy atom. The van der Waals surface area contributed by atoms with E-state index in [-0.39, 0.29) is 23.3 Å². The Balaban J connectivity index is 2.20. The number of carbonyl (C=O) groups is 2. The van der Waals surface area contributed by atoms with Crippen molar-refractivity contribution in [2.24, 2.45) is 5.41 Å². The summed E-state index contributed by atoms with van der Waals surface area (Å²) in [6.07, 6.45) is 2.89. The van der Waals surface area contributed by atoms with Gasteiger partial charge in [-0.15, -0.1) is 0 Å². The van der Waals surface area contributed by atoms with Crippen LogP contribution in [0.1, 0.15) is 39.5 Å². The summed E-state index contributed by atoms with van der Waals surface area (Å²) in [5.41, 5.74) is -0.369. The van der Waals surface area contributed by atoms with E-state index in [0.29, 0.717) is 6.42 Å². The predicted molar refractivity (Wildman–Crippen MR) is 60.8 cm³/mol. The first-order valence-electron chi connectivity index (χ1n) is 6.18. The van der Waals surface area contributed by atoms with Crippen LogP contribution in [0.2, 0.25) is 0 Å². The van der Waals surface area contributed by atoms with E-state index in [1.807, 2.05) is 13.8 Å². The van der Waals surface area contributed by atoms with Gasteiger partial charge < -0.3 is 5.32 Å². The van der Waals surface area contributed by atoms with E-state index >= 15 is 0 Å². The summed E-state index contributed by atoms with van der Waals surface area (Å²) < 4.78 is 0. The molecule has 1 N–H and O–H groups in total. The van der Waals surface area contributed by atoms with Gasteiger partial charge in [-0.05, 0) is 39.3 Å². The maximum atomic E-state index is 12.4. The Hall–Kier alpha value is -0.900. The van der Waals surface area contributed by atoms with Crippen molar-refractivity contribution in [1.29, 1.82) is 0 Å². The van der Waals surface area contributed by atoms with Crippen LogP contribution in [-0.2, 0) is 9.59 Å². The fourth-order valence-electron chi connectivity index (χ4n) is 2.74.